The summed E-state index contributed by atoms with van der Waals surface area (Å²) in [5.74, 6) is -0.210. The number of nitrogens with zero attached hydrogens (tertiary/aromatic N) is 1. The summed E-state index contributed by atoms with van der Waals surface area (Å²) in [6, 6.07) is 1.93. The van der Waals surface area contributed by atoms with Gasteiger partial charge in [0.25, 0.3) is 0 Å². The second-order valence-electron chi connectivity index (χ2n) is 3.88. The summed E-state index contributed by atoms with van der Waals surface area (Å²) in [6.07, 6.45) is 5.35. The van der Waals surface area contributed by atoms with E-state index in [2.05, 4.69) is 9.72 Å². The highest BCUT2D eigenvalue weighted by Crippen LogP contribution is 2.09. The van der Waals surface area contributed by atoms with Gasteiger partial charge in [0.2, 0.25) is 0 Å². The minimum absolute atomic E-state index is 0.0259. The largest absolute Gasteiger partial charge is 0.469 e. The summed E-state index contributed by atoms with van der Waals surface area (Å²) in [4.78, 5) is 15.0. The lowest BCUT2D eigenvalue weighted by Gasteiger charge is -2.12. The van der Waals surface area contributed by atoms with Crippen LogP contribution in [0.25, 0.3) is 0 Å². The number of hydrogen-bond donors (Lipinski definition) is 1. The lowest BCUT2D eigenvalue weighted by Crippen LogP contribution is -2.24. The number of rotatable bonds is 5. The Kier molecular flexibility index (Phi) is 4.92. The summed E-state index contributed by atoms with van der Waals surface area (Å²) in [6.45, 7) is 2.03. The van der Waals surface area contributed by atoms with Crippen molar-refractivity contribution in [2.45, 2.75) is 32.2 Å². The number of ether oxygens (including phenoxy) is 1. The smallest absolute Gasteiger partial charge is 0.305 e. The molecule has 0 amide bonds. The van der Waals surface area contributed by atoms with Gasteiger partial charge in [-0.15, -0.1) is 0 Å². The van der Waals surface area contributed by atoms with Gasteiger partial charge in [-0.2, -0.15) is 0 Å². The third-order valence-corrected chi connectivity index (χ3v) is 2.58. The maximum Gasteiger partial charge on any atom is 0.305 e. The van der Waals surface area contributed by atoms with Crippen LogP contribution in [-0.2, 0) is 16.0 Å². The van der Waals surface area contributed by atoms with Crippen LogP contribution in [0.3, 0.4) is 0 Å². The van der Waals surface area contributed by atoms with E-state index in [1.165, 1.54) is 12.7 Å². The standard InChI is InChI=1S/C12H18N2O2/c1-9-5-6-14-8-10(9)7-11(13)3-4-12(15)16-2/h5-6,8,11H,3-4,7,13H2,1-2H3. The minimum atomic E-state index is -0.210. The predicted octanol–water partition coefficient (Wildman–Crippen LogP) is 1.21. The maximum absolute atomic E-state index is 10.9. The van der Waals surface area contributed by atoms with Crippen LogP contribution in [0, 0.1) is 6.92 Å². The number of nitrogens with two attached hydrogens (primary N) is 1. The highest BCUT2D eigenvalue weighted by molar-refractivity contribution is 5.69. The molecule has 88 valence electrons. The zero-order valence-corrected chi connectivity index (χ0v) is 9.77. The number of hydrogen-bond acceptors (Lipinski definition) is 4. The molecule has 16 heavy (non-hydrogen) atoms. The molecule has 0 saturated heterocycles. The fourth-order valence-electron chi connectivity index (χ4n) is 1.50. The molecule has 0 aliphatic carbocycles. The SMILES string of the molecule is COC(=O)CCC(N)Cc1cnccc1C. The van der Waals surface area contributed by atoms with Gasteiger partial charge in [-0.1, -0.05) is 0 Å². The Bertz CT molecular complexity index is 353. The van der Waals surface area contributed by atoms with Crippen molar-refractivity contribution in [2.24, 2.45) is 5.73 Å². The Labute approximate surface area is 95.8 Å². The summed E-state index contributed by atoms with van der Waals surface area (Å²) >= 11 is 0. The summed E-state index contributed by atoms with van der Waals surface area (Å²) in [5, 5.41) is 0. The van der Waals surface area contributed by atoms with E-state index in [9.17, 15) is 4.79 Å². The van der Waals surface area contributed by atoms with Gasteiger partial charge < -0.3 is 10.5 Å². The van der Waals surface area contributed by atoms with Crippen molar-refractivity contribution in [1.29, 1.82) is 0 Å². The van der Waals surface area contributed by atoms with Gasteiger partial charge in [-0.3, -0.25) is 9.78 Å². The van der Waals surface area contributed by atoms with Crippen LogP contribution in [0.15, 0.2) is 18.5 Å². The van der Waals surface area contributed by atoms with Crippen LogP contribution in [0.4, 0.5) is 0 Å². The Balaban J connectivity index is 2.43. The number of carbonyl (C=O) groups is 1. The Morgan fingerprint density at radius 1 is 1.62 bits per heavy atom. The molecule has 1 atom stereocenters. The van der Waals surface area contributed by atoms with Crippen molar-refractivity contribution in [3.8, 4) is 0 Å². The van der Waals surface area contributed by atoms with Crippen LogP contribution in [-0.4, -0.2) is 24.1 Å². The molecule has 0 bridgehead atoms. The van der Waals surface area contributed by atoms with E-state index in [0.29, 0.717) is 12.8 Å². The first kappa shape index (κ1) is 12.6. The number of methoxy groups -OCH3 is 1. The highest BCUT2D eigenvalue weighted by atomic mass is 16.5. The van der Waals surface area contributed by atoms with E-state index < -0.39 is 0 Å². The van der Waals surface area contributed by atoms with Gasteiger partial charge in [-0.25, -0.2) is 0 Å². The van der Waals surface area contributed by atoms with Gasteiger partial charge in [0.05, 0.1) is 7.11 Å². The zero-order chi connectivity index (χ0) is 12.0. The van der Waals surface area contributed by atoms with E-state index in [1.807, 2.05) is 19.2 Å². The maximum atomic E-state index is 10.9. The average Bonchev–Trinajstić information content (AvgIpc) is 2.29. The molecule has 1 aromatic rings. The monoisotopic (exact) mass is 222 g/mol. The number of carbonyl (C=O) groups excluding carboxylic acids is 1. The first-order valence-electron chi connectivity index (χ1n) is 5.35. The molecular formula is C12H18N2O2. The van der Waals surface area contributed by atoms with E-state index in [4.69, 9.17) is 5.73 Å². The summed E-state index contributed by atoms with van der Waals surface area (Å²) < 4.78 is 4.57. The lowest BCUT2D eigenvalue weighted by molar-refractivity contribution is -0.140. The third-order valence-electron chi connectivity index (χ3n) is 2.58. The molecule has 0 fully saturated rings. The fourth-order valence-corrected chi connectivity index (χ4v) is 1.50. The number of esters is 1. The van der Waals surface area contributed by atoms with E-state index in [-0.39, 0.29) is 12.0 Å². The molecule has 4 heteroatoms. The van der Waals surface area contributed by atoms with Crippen LogP contribution in [0.1, 0.15) is 24.0 Å². The fraction of sp³-hybridized carbons (Fsp3) is 0.500. The van der Waals surface area contributed by atoms with Crippen molar-refractivity contribution >= 4 is 5.97 Å². The number of aromatic nitrogens is 1. The van der Waals surface area contributed by atoms with Crippen molar-refractivity contribution < 1.29 is 9.53 Å². The van der Waals surface area contributed by atoms with Gasteiger partial charge >= 0.3 is 5.97 Å². The van der Waals surface area contributed by atoms with Crippen LogP contribution in [0.2, 0.25) is 0 Å². The lowest BCUT2D eigenvalue weighted by atomic mass is 10.0. The molecule has 2 N–H and O–H groups in total. The van der Waals surface area contributed by atoms with Crippen molar-refractivity contribution in [1.82, 2.24) is 4.98 Å². The zero-order valence-electron chi connectivity index (χ0n) is 9.77. The van der Waals surface area contributed by atoms with Gasteiger partial charge in [-0.05, 0) is 37.0 Å². The number of aryl methyl sites for hydroxylation is 1. The van der Waals surface area contributed by atoms with Crippen molar-refractivity contribution in [3.63, 3.8) is 0 Å². The van der Waals surface area contributed by atoms with Crippen LogP contribution < -0.4 is 5.73 Å². The molecule has 0 saturated carbocycles. The molecule has 0 aliphatic rings. The molecule has 1 unspecified atom stereocenters. The Morgan fingerprint density at radius 3 is 3.00 bits per heavy atom. The quantitative estimate of drug-likeness (QED) is 0.760. The second-order valence-corrected chi connectivity index (χ2v) is 3.88. The normalized spacial score (nSPS) is 12.2. The molecule has 0 spiro atoms. The van der Waals surface area contributed by atoms with E-state index >= 15 is 0 Å². The molecule has 0 radical (unpaired) electrons. The topological polar surface area (TPSA) is 65.2 Å². The van der Waals surface area contributed by atoms with E-state index in [1.54, 1.807) is 6.20 Å². The first-order chi connectivity index (χ1) is 7.63. The summed E-state index contributed by atoms with van der Waals surface area (Å²) in [7, 11) is 1.39. The Morgan fingerprint density at radius 2 is 2.38 bits per heavy atom. The van der Waals surface area contributed by atoms with Gasteiger partial charge in [0, 0.05) is 24.9 Å². The Hall–Kier alpha value is -1.42. The average molecular weight is 222 g/mol. The number of pyridine rings is 1. The molecule has 0 aromatic carbocycles. The molecule has 4 nitrogen and oxygen atoms in total. The predicted molar refractivity (Wildman–Crippen MR) is 61.9 cm³/mol. The van der Waals surface area contributed by atoms with Crippen molar-refractivity contribution in [3.05, 3.63) is 29.6 Å². The molecular weight excluding hydrogens is 204 g/mol. The molecule has 1 aromatic heterocycles. The molecule has 1 heterocycles. The van der Waals surface area contributed by atoms with E-state index in [0.717, 1.165) is 12.0 Å². The first-order valence-corrected chi connectivity index (χ1v) is 5.35. The van der Waals surface area contributed by atoms with Crippen LogP contribution in [0.5, 0.6) is 0 Å². The van der Waals surface area contributed by atoms with Gasteiger partial charge in [0.1, 0.15) is 0 Å². The third kappa shape index (κ3) is 3.98. The van der Waals surface area contributed by atoms with Crippen LogP contribution >= 0.6 is 0 Å². The molecule has 0 aliphatic heterocycles. The highest BCUT2D eigenvalue weighted by Gasteiger charge is 2.09. The minimum Gasteiger partial charge on any atom is -0.469 e. The van der Waals surface area contributed by atoms with Crippen molar-refractivity contribution in [2.75, 3.05) is 7.11 Å². The van der Waals surface area contributed by atoms with Gasteiger partial charge in [0.15, 0.2) is 0 Å². The second kappa shape index (κ2) is 6.23. The summed E-state index contributed by atoms with van der Waals surface area (Å²) in [5.41, 5.74) is 8.26. The molecule has 1 rings (SSSR count).